The first-order chi connectivity index (χ1) is 6.93. The number of nitrogens with one attached hydrogen (secondary N) is 2. The Bertz CT molecular complexity index is 166. The van der Waals surface area contributed by atoms with Gasteiger partial charge in [-0.1, -0.05) is 0 Å². The zero-order valence-electron chi connectivity index (χ0n) is 9.02. The zero-order chi connectivity index (χ0) is 10.1. The standard InChI is InChI=1S/C12H22N2/c1-2-3-4-5-8-14-11-12-6-9-13-10-7-12/h1,12-14H,3-11H2. The number of terminal acetylenes is 1. The first-order valence-corrected chi connectivity index (χ1v) is 5.78. The van der Waals surface area contributed by atoms with E-state index in [-0.39, 0.29) is 0 Å². The molecule has 0 unspecified atom stereocenters. The van der Waals surface area contributed by atoms with E-state index in [4.69, 9.17) is 6.42 Å². The van der Waals surface area contributed by atoms with Crippen molar-refractivity contribution in [1.29, 1.82) is 0 Å². The number of hydrogen-bond acceptors (Lipinski definition) is 2. The highest BCUT2D eigenvalue weighted by Crippen LogP contribution is 2.09. The lowest BCUT2D eigenvalue weighted by molar-refractivity contribution is 0.356. The summed E-state index contributed by atoms with van der Waals surface area (Å²) < 4.78 is 0. The molecule has 1 fully saturated rings. The summed E-state index contributed by atoms with van der Waals surface area (Å²) in [5.74, 6) is 3.56. The minimum Gasteiger partial charge on any atom is -0.317 e. The van der Waals surface area contributed by atoms with Gasteiger partial charge in [-0.05, 0) is 57.8 Å². The largest absolute Gasteiger partial charge is 0.317 e. The van der Waals surface area contributed by atoms with Crippen LogP contribution in [0.1, 0.15) is 32.1 Å². The van der Waals surface area contributed by atoms with Crippen LogP contribution in [-0.4, -0.2) is 26.2 Å². The Morgan fingerprint density at radius 3 is 2.79 bits per heavy atom. The van der Waals surface area contributed by atoms with Crippen LogP contribution in [0.4, 0.5) is 0 Å². The lowest BCUT2D eigenvalue weighted by atomic mass is 9.98. The summed E-state index contributed by atoms with van der Waals surface area (Å²) in [7, 11) is 0. The third-order valence-corrected chi connectivity index (χ3v) is 2.82. The van der Waals surface area contributed by atoms with Gasteiger partial charge in [-0.15, -0.1) is 12.3 Å². The summed E-state index contributed by atoms with van der Waals surface area (Å²) in [4.78, 5) is 0. The Labute approximate surface area is 87.8 Å². The van der Waals surface area contributed by atoms with Crippen molar-refractivity contribution in [2.45, 2.75) is 32.1 Å². The van der Waals surface area contributed by atoms with Crippen molar-refractivity contribution in [3.63, 3.8) is 0 Å². The van der Waals surface area contributed by atoms with Crippen LogP contribution in [0.15, 0.2) is 0 Å². The van der Waals surface area contributed by atoms with Gasteiger partial charge in [-0.2, -0.15) is 0 Å². The molecule has 0 atom stereocenters. The van der Waals surface area contributed by atoms with E-state index in [9.17, 15) is 0 Å². The van der Waals surface area contributed by atoms with Crippen molar-refractivity contribution in [3.8, 4) is 12.3 Å². The topological polar surface area (TPSA) is 24.1 Å². The molecule has 0 saturated carbocycles. The Kier molecular flexibility index (Phi) is 6.47. The lowest BCUT2D eigenvalue weighted by Crippen LogP contribution is -2.33. The van der Waals surface area contributed by atoms with E-state index >= 15 is 0 Å². The van der Waals surface area contributed by atoms with Crippen molar-refractivity contribution >= 4 is 0 Å². The molecule has 1 saturated heterocycles. The van der Waals surface area contributed by atoms with Gasteiger partial charge >= 0.3 is 0 Å². The molecule has 0 aliphatic carbocycles. The van der Waals surface area contributed by atoms with E-state index in [1.165, 1.54) is 38.9 Å². The molecule has 0 amide bonds. The quantitative estimate of drug-likeness (QED) is 0.493. The van der Waals surface area contributed by atoms with E-state index in [2.05, 4.69) is 16.6 Å². The second-order valence-corrected chi connectivity index (χ2v) is 4.06. The normalized spacial score (nSPS) is 17.9. The Morgan fingerprint density at radius 2 is 2.07 bits per heavy atom. The highest BCUT2D eigenvalue weighted by molar-refractivity contribution is 4.82. The monoisotopic (exact) mass is 194 g/mol. The average Bonchev–Trinajstić information content (AvgIpc) is 2.25. The van der Waals surface area contributed by atoms with E-state index in [1.54, 1.807) is 0 Å². The summed E-state index contributed by atoms with van der Waals surface area (Å²) in [6, 6.07) is 0. The Hall–Kier alpha value is -0.520. The maximum atomic E-state index is 5.18. The molecule has 2 nitrogen and oxygen atoms in total. The molecule has 0 aromatic rings. The Balaban J connectivity index is 1.85. The lowest BCUT2D eigenvalue weighted by Gasteiger charge is -2.22. The van der Waals surface area contributed by atoms with E-state index < -0.39 is 0 Å². The van der Waals surface area contributed by atoms with Crippen LogP contribution in [0.3, 0.4) is 0 Å². The van der Waals surface area contributed by atoms with Gasteiger partial charge in [-0.3, -0.25) is 0 Å². The molecule has 2 heteroatoms. The van der Waals surface area contributed by atoms with Gasteiger partial charge in [-0.25, -0.2) is 0 Å². The van der Waals surface area contributed by atoms with Crippen LogP contribution in [0.2, 0.25) is 0 Å². The first kappa shape index (κ1) is 11.6. The minimum absolute atomic E-state index is 0.892. The van der Waals surface area contributed by atoms with Crippen molar-refractivity contribution in [3.05, 3.63) is 0 Å². The highest BCUT2D eigenvalue weighted by atomic mass is 14.9. The Morgan fingerprint density at radius 1 is 1.29 bits per heavy atom. The third kappa shape index (κ3) is 5.26. The number of hydrogen-bond donors (Lipinski definition) is 2. The molecule has 0 spiro atoms. The first-order valence-electron chi connectivity index (χ1n) is 5.78. The van der Waals surface area contributed by atoms with Crippen LogP contribution in [0.25, 0.3) is 0 Å². The molecular weight excluding hydrogens is 172 g/mol. The number of rotatable bonds is 6. The summed E-state index contributed by atoms with van der Waals surface area (Å²) in [5.41, 5.74) is 0. The molecule has 80 valence electrons. The van der Waals surface area contributed by atoms with Crippen LogP contribution in [0, 0.1) is 18.3 Å². The van der Waals surface area contributed by atoms with Crippen LogP contribution < -0.4 is 10.6 Å². The summed E-state index contributed by atoms with van der Waals surface area (Å²) in [5, 5.41) is 6.90. The van der Waals surface area contributed by atoms with Crippen molar-refractivity contribution < 1.29 is 0 Å². The smallest absolute Gasteiger partial charge is 0.00865 e. The summed E-state index contributed by atoms with van der Waals surface area (Å²) >= 11 is 0. The maximum absolute atomic E-state index is 5.18. The van der Waals surface area contributed by atoms with E-state index in [1.807, 2.05) is 0 Å². The predicted octanol–water partition coefficient (Wildman–Crippen LogP) is 1.38. The molecule has 1 heterocycles. The highest BCUT2D eigenvalue weighted by Gasteiger charge is 2.11. The van der Waals surface area contributed by atoms with E-state index in [0.29, 0.717) is 0 Å². The molecule has 14 heavy (non-hydrogen) atoms. The summed E-state index contributed by atoms with van der Waals surface area (Å²) in [6.45, 7) is 4.72. The van der Waals surface area contributed by atoms with Crippen molar-refractivity contribution in [1.82, 2.24) is 10.6 Å². The minimum atomic E-state index is 0.892. The van der Waals surface area contributed by atoms with Gasteiger partial charge in [0.1, 0.15) is 0 Å². The predicted molar refractivity (Wildman–Crippen MR) is 61.1 cm³/mol. The van der Waals surface area contributed by atoms with Crippen LogP contribution in [-0.2, 0) is 0 Å². The number of piperidine rings is 1. The average molecular weight is 194 g/mol. The van der Waals surface area contributed by atoms with Gasteiger partial charge in [0, 0.05) is 6.42 Å². The zero-order valence-corrected chi connectivity index (χ0v) is 9.02. The third-order valence-electron chi connectivity index (χ3n) is 2.82. The van der Waals surface area contributed by atoms with E-state index in [0.717, 1.165) is 25.3 Å². The van der Waals surface area contributed by atoms with Gasteiger partial charge in [0.2, 0.25) is 0 Å². The molecule has 0 bridgehead atoms. The fourth-order valence-electron chi connectivity index (χ4n) is 1.87. The molecular formula is C12H22N2. The van der Waals surface area contributed by atoms with Gasteiger partial charge in [0.05, 0.1) is 0 Å². The van der Waals surface area contributed by atoms with Crippen molar-refractivity contribution in [2.24, 2.45) is 5.92 Å². The van der Waals surface area contributed by atoms with Gasteiger partial charge < -0.3 is 10.6 Å². The number of unbranched alkanes of at least 4 members (excludes halogenated alkanes) is 2. The summed E-state index contributed by atoms with van der Waals surface area (Å²) in [6.07, 6.45) is 11.1. The molecule has 1 aliphatic heterocycles. The molecule has 2 N–H and O–H groups in total. The fraction of sp³-hybridized carbons (Fsp3) is 0.833. The van der Waals surface area contributed by atoms with Gasteiger partial charge in [0.15, 0.2) is 0 Å². The molecule has 0 radical (unpaired) electrons. The molecule has 1 rings (SSSR count). The fourth-order valence-corrected chi connectivity index (χ4v) is 1.87. The second-order valence-electron chi connectivity index (χ2n) is 4.06. The molecule has 1 aliphatic rings. The van der Waals surface area contributed by atoms with Crippen LogP contribution >= 0.6 is 0 Å². The van der Waals surface area contributed by atoms with Gasteiger partial charge in [0.25, 0.3) is 0 Å². The maximum Gasteiger partial charge on any atom is 0.00865 e. The SMILES string of the molecule is C#CCCCCNCC1CCNCC1. The molecule has 0 aromatic carbocycles. The van der Waals surface area contributed by atoms with Crippen LogP contribution in [0.5, 0.6) is 0 Å². The molecule has 0 aromatic heterocycles. The second kappa shape index (κ2) is 7.84. The van der Waals surface area contributed by atoms with Crippen molar-refractivity contribution in [2.75, 3.05) is 26.2 Å².